The Bertz CT molecular complexity index is 1380. The van der Waals surface area contributed by atoms with Crippen molar-refractivity contribution in [3.63, 3.8) is 0 Å². The van der Waals surface area contributed by atoms with Crippen LogP contribution in [-0.4, -0.2) is 96.2 Å². The minimum absolute atomic E-state index is 0. The lowest BCUT2D eigenvalue weighted by Crippen LogP contribution is -2.68. The third-order valence-corrected chi connectivity index (χ3v) is 9.44. The van der Waals surface area contributed by atoms with Crippen LogP contribution in [0.3, 0.4) is 0 Å². The summed E-state index contributed by atoms with van der Waals surface area (Å²) in [5.74, 6) is -10.3. The Kier molecular flexibility index (Phi) is 8.90. The Morgan fingerprint density at radius 3 is 2.35 bits per heavy atom. The molecule has 0 bridgehead atoms. The number of aliphatic hydroxyl groups excluding tert-OH is 3. The molecule has 8 N–H and O–H groups in total. The van der Waals surface area contributed by atoms with E-state index in [1.807, 2.05) is 0 Å². The number of nitrogens with two attached hydrogens (primary N) is 1. The average molecular weight is 707 g/mol. The molecule has 4 rings (SSSR count). The number of fused-ring (bicyclic) bond motifs is 3. The van der Waals surface area contributed by atoms with Crippen LogP contribution in [0.1, 0.15) is 28.8 Å². The molecule has 1 aromatic carbocycles. The van der Waals surface area contributed by atoms with Crippen molar-refractivity contribution in [1.29, 1.82) is 0 Å². The summed E-state index contributed by atoms with van der Waals surface area (Å²) < 4.78 is 0. The van der Waals surface area contributed by atoms with E-state index in [9.17, 15) is 44.7 Å². The molecule has 0 saturated carbocycles. The van der Waals surface area contributed by atoms with Crippen molar-refractivity contribution < 1.29 is 44.7 Å². The number of nitrogens with zero attached hydrogens (tertiary/aromatic N) is 1. The SMILES string of the molecule is Br.CC1c2ccc(NC(=O)C(Br)CS)c(O)c2C(=O)C2=C(O)[C@]3(O)C(=O)C(C(N)=O)=C(O)[C@@H](N(C)C)C3C(O)C21. The molecule has 0 aliphatic heterocycles. The van der Waals surface area contributed by atoms with Gasteiger partial charge in [-0.05, 0) is 31.6 Å². The Labute approximate surface area is 253 Å². The minimum atomic E-state index is -3.00. The number of aliphatic hydroxyl groups is 4. The number of ketones is 2. The molecular formula is C25H29Br2N3O9S. The first-order valence-corrected chi connectivity index (χ1v) is 13.4. The number of nitrogens with one attached hydrogen (secondary N) is 1. The van der Waals surface area contributed by atoms with Gasteiger partial charge < -0.3 is 36.6 Å². The van der Waals surface area contributed by atoms with E-state index < -0.39 is 92.1 Å². The van der Waals surface area contributed by atoms with Crippen LogP contribution in [0.4, 0.5) is 5.69 Å². The van der Waals surface area contributed by atoms with Crippen molar-refractivity contribution in [3.8, 4) is 5.75 Å². The van der Waals surface area contributed by atoms with Crippen LogP contribution in [0.15, 0.2) is 34.8 Å². The van der Waals surface area contributed by atoms with Gasteiger partial charge in [-0.1, -0.05) is 28.9 Å². The number of thiol groups is 1. The van der Waals surface area contributed by atoms with Gasteiger partial charge in [0, 0.05) is 17.2 Å². The number of aromatic hydroxyl groups is 1. The fraction of sp³-hybridized carbons (Fsp3) is 0.440. The van der Waals surface area contributed by atoms with E-state index in [0.717, 1.165) is 0 Å². The molecule has 0 fully saturated rings. The molecule has 12 nitrogen and oxygen atoms in total. The van der Waals surface area contributed by atoms with E-state index in [4.69, 9.17) is 5.73 Å². The number of hydrogen-bond acceptors (Lipinski definition) is 11. The Morgan fingerprint density at radius 1 is 1.23 bits per heavy atom. The topological polar surface area (TPSA) is 211 Å². The number of alkyl halides is 1. The monoisotopic (exact) mass is 705 g/mol. The molecule has 1 aromatic rings. The van der Waals surface area contributed by atoms with E-state index in [2.05, 4.69) is 33.9 Å². The van der Waals surface area contributed by atoms with Gasteiger partial charge in [-0.25, -0.2) is 0 Å². The van der Waals surface area contributed by atoms with Crippen molar-refractivity contribution >= 4 is 74.6 Å². The van der Waals surface area contributed by atoms with Crippen LogP contribution in [-0.2, 0) is 14.4 Å². The highest BCUT2D eigenvalue weighted by Crippen LogP contribution is 2.56. The number of rotatable bonds is 5. The first-order chi connectivity index (χ1) is 18.1. The van der Waals surface area contributed by atoms with Gasteiger partial charge in [0.25, 0.3) is 5.91 Å². The normalized spacial score (nSPS) is 30.2. The Morgan fingerprint density at radius 2 is 1.82 bits per heavy atom. The molecule has 3 aliphatic carbocycles. The predicted molar refractivity (Wildman–Crippen MR) is 155 cm³/mol. The number of halogens is 2. The molecule has 0 radical (unpaired) electrons. The maximum absolute atomic E-state index is 13.8. The maximum Gasteiger partial charge on any atom is 0.255 e. The highest BCUT2D eigenvalue weighted by molar-refractivity contribution is 9.10. The summed E-state index contributed by atoms with van der Waals surface area (Å²) in [4.78, 5) is 52.3. The fourth-order valence-electron chi connectivity index (χ4n) is 6.02. The first kappa shape index (κ1) is 32.1. The standard InChI is InChI=1S/C25H28BrN3O9S.BrH/c1-7-8-4-5-10(28-24(37)9(26)6-39)17(30)12(8)18(31)13-11(7)19(32)15-16(29(2)3)20(33)14(23(27)36)22(35)25(15,38)21(13)34;/h4-5,7,9,11,15-16,19,30,32-34,38-39H,6H2,1-3H3,(H2,27,36)(H,28,37);1H/t7?,9?,11?,15?,16-,19?,25-;/m0./s1. The van der Waals surface area contributed by atoms with Gasteiger partial charge in [-0.2, -0.15) is 12.6 Å². The third kappa shape index (κ3) is 4.38. The third-order valence-electron chi connectivity index (χ3n) is 7.83. The molecule has 7 atom stereocenters. The number of anilines is 1. The first-order valence-electron chi connectivity index (χ1n) is 11.9. The summed E-state index contributed by atoms with van der Waals surface area (Å²) in [5, 5.41) is 59.0. The molecule has 0 saturated heterocycles. The zero-order chi connectivity index (χ0) is 29.3. The second-order valence-corrected chi connectivity index (χ2v) is 11.6. The summed E-state index contributed by atoms with van der Waals surface area (Å²) in [7, 11) is 2.92. The van der Waals surface area contributed by atoms with Crippen molar-refractivity contribution in [3.05, 3.63) is 45.9 Å². The minimum Gasteiger partial charge on any atom is -0.510 e. The molecule has 3 aliphatic rings. The zero-order valence-electron chi connectivity index (χ0n) is 21.5. The largest absolute Gasteiger partial charge is 0.510 e. The zero-order valence-corrected chi connectivity index (χ0v) is 25.6. The molecule has 5 unspecified atom stereocenters. The fourth-order valence-corrected chi connectivity index (χ4v) is 6.30. The maximum atomic E-state index is 13.8. The Balaban J connectivity index is 0.00000441. The summed E-state index contributed by atoms with van der Waals surface area (Å²) in [6, 6.07) is 1.53. The van der Waals surface area contributed by atoms with Gasteiger partial charge >= 0.3 is 0 Å². The summed E-state index contributed by atoms with van der Waals surface area (Å²) in [6.45, 7) is 1.61. The lowest BCUT2D eigenvalue weighted by atomic mass is 9.55. The van der Waals surface area contributed by atoms with Crippen molar-refractivity contribution in [1.82, 2.24) is 4.90 Å². The second kappa shape index (κ2) is 11.1. The number of phenolic OH excluding ortho intramolecular Hbond substituents is 1. The van der Waals surface area contributed by atoms with E-state index in [1.165, 1.54) is 31.1 Å². The predicted octanol–water partition coefficient (Wildman–Crippen LogP) is 0.862. The Hall–Kier alpha value is -2.43. The van der Waals surface area contributed by atoms with E-state index in [1.54, 1.807) is 6.92 Å². The smallest absolute Gasteiger partial charge is 0.255 e. The molecular weight excluding hydrogens is 678 g/mol. The van der Waals surface area contributed by atoms with Gasteiger partial charge in [-0.15, -0.1) is 17.0 Å². The number of primary amides is 1. The summed E-state index contributed by atoms with van der Waals surface area (Å²) >= 11 is 7.17. The highest BCUT2D eigenvalue weighted by Gasteiger charge is 2.67. The van der Waals surface area contributed by atoms with Crippen molar-refractivity contribution in [2.75, 3.05) is 25.2 Å². The van der Waals surface area contributed by atoms with Gasteiger partial charge in [-0.3, -0.25) is 24.1 Å². The van der Waals surface area contributed by atoms with E-state index >= 15 is 0 Å². The molecule has 2 amide bonds. The molecule has 218 valence electrons. The summed E-state index contributed by atoms with van der Waals surface area (Å²) in [5.41, 5.74) is 0.682. The van der Waals surface area contributed by atoms with Crippen LogP contribution in [0.5, 0.6) is 5.75 Å². The molecule has 0 heterocycles. The van der Waals surface area contributed by atoms with Gasteiger partial charge in [0.2, 0.25) is 11.7 Å². The van der Waals surface area contributed by atoms with Crippen molar-refractivity contribution in [2.45, 2.75) is 35.4 Å². The number of hydrogen-bond donors (Lipinski definition) is 8. The molecule has 40 heavy (non-hydrogen) atoms. The number of benzene rings is 1. The highest BCUT2D eigenvalue weighted by atomic mass is 79.9. The van der Waals surface area contributed by atoms with Crippen LogP contribution in [0.2, 0.25) is 0 Å². The van der Waals surface area contributed by atoms with Crippen LogP contribution in [0.25, 0.3) is 0 Å². The lowest BCUT2D eigenvalue weighted by Gasteiger charge is -2.53. The van der Waals surface area contributed by atoms with Crippen LogP contribution >= 0.6 is 45.5 Å². The lowest BCUT2D eigenvalue weighted by molar-refractivity contribution is -0.162. The molecule has 0 spiro atoms. The van der Waals surface area contributed by atoms with Gasteiger partial charge in [0.05, 0.1) is 29.3 Å². The van der Waals surface area contributed by atoms with E-state index in [-0.39, 0.29) is 39.5 Å². The number of likely N-dealkylation sites (N-methyl/N-ethyl adjacent to an activating group) is 1. The van der Waals surface area contributed by atoms with Crippen LogP contribution in [0, 0.1) is 11.8 Å². The quantitative estimate of drug-likeness (QED) is 0.0937. The van der Waals surface area contributed by atoms with Gasteiger partial charge in [0.15, 0.2) is 17.1 Å². The molecule has 15 heteroatoms. The molecule has 0 aromatic heterocycles. The number of carbonyl (C=O) groups excluding carboxylic acids is 4. The van der Waals surface area contributed by atoms with Crippen LogP contribution < -0.4 is 11.1 Å². The number of phenols is 1. The average Bonchev–Trinajstić information content (AvgIpc) is 2.86. The number of amides is 2. The van der Waals surface area contributed by atoms with Gasteiger partial charge in [0.1, 0.15) is 21.9 Å². The van der Waals surface area contributed by atoms with E-state index in [0.29, 0.717) is 0 Å². The number of Topliss-reactive ketones (excluding diaryl/α,β-unsaturated/α-hetero) is 2. The number of carbonyl (C=O) groups is 4. The summed E-state index contributed by atoms with van der Waals surface area (Å²) in [6.07, 6.45) is -1.69. The second-order valence-electron chi connectivity index (χ2n) is 10.1. The van der Waals surface area contributed by atoms with Crippen molar-refractivity contribution in [2.24, 2.45) is 17.6 Å².